The lowest BCUT2D eigenvalue weighted by Crippen LogP contribution is -2.20. The van der Waals surface area contributed by atoms with Gasteiger partial charge in [-0.25, -0.2) is 8.42 Å². The van der Waals surface area contributed by atoms with Crippen LogP contribution in [0.1, 0.15) is 6.92 Å². The third-order valence-corrected chi connectivity index (χ3v) is 5.17. The van der Waals surface area contributed by atoms with Gasteiger partial charge in [-0.3, -0.25) is 14.3 Å². The number of hydrogen-bond acceptors (Lipinski definition) is 6. The van der Waals surface area contributed by atoms with Crippen molar-refractivity contribution in [1.82, 2.24) is 0 Å². The van der Waals surface area contributed by atoms with E-state index in [4.69, 9.17) is 4.74 Å². The van der Waals surface area contributed by atoms with E-state index in [-0.39, 0.29) is 16.3 Å². The van der Waals surface area contributed by atoms with E-state index in [0.717, 1.165) is 4.47 Å². The molecule has 0 aliphatic heterocycles. The number of amides is 1. The average Bonchev–Trinajstić information content (AvgIpc) is 2.61. The second-order valence-corrected chi connectivity index (χ2v) is 7.90. The van der Waals surface area contributed by atoms with E-state index >= 15 is 0 Å². The largest absolute Gasteiger partial charge is 0.495 e. The first-order valence-corrected chi connectivity index (χ1v) is 9.88. The van der Waals surface area contributed by atoms with Gasteiger partial charge in [-0.1, -0.05) is 15.9 Å². The van der Waals surface area contributed by atoms with Gasteiger partial charge in [0.2, 0.25) is 0 Å². The number of rotatable bonds is 7. The molecule has 0 saturated carbocycles. The molecule has 2 rings (SSSR count). The van der Waals surface area contributed by atoms with Crippen LogP contribution in [0, 0.1) is 0 Å². The first-order chi connectivity index (χ1) is 12.7. The zero-order valence-electron chi connectivity index (χ0n) is 14.5. The van der Waals surface area contributed by atoms with Crippen LogP contribution in [0.25, 0.3) is 0 Å². The highest BCUT2D eigenvalue weighted by Gasteiger charge is 2.18. The molecule has 144 valence electrons. The molecule has 0 unspecified atom stereocenters. The summed E-state index contributed by atoms with van der Waals surface area (Å²) in [4.78, 5) is 22.6. The topological polar surface area (TPSA) is 111 Å². The molecule has 2 aromatic rings. The quantitative estimate of drug-likeness (QED) is 0.619. The highest BCUT2D eigenvalue weighted by Crippen LogP contribution is 2.28. The highest BCUT2D eigenvalue weighted by atomic mass is 79.9. The Labute approximate surface area is 165 Å². The molecule has 0 radical (unpaired) electrons. The lowest BCUT2D eigenvalue weighted by Gasteiger charge is -2.13. The van der Waals surface area contributed by atoms with Crippen LogP contribution < -0.4 is 14.8 Å². The summed E-state index contributed by atoms with van der Waals surface area (Å²) < 4.78 is 38.2. The number of anilines is 2. The lowest BCUT2D eigenvalue weighted by atomic mass is 10.3. The summed E-state index contributed by atoms with van der Waals surface area (Å²) in [5.74, 6) is -0.972. The number of hydrogen-bond donors (Lipinski definition) is 2. The van der Waals surface area contributed by atoms with Crippen LogP contribution in [0.3, 0.4) is 0 Å². The fourth-order valence-electron chi connectivity index (χ4n) is 2.04. The molecule has 0 saturated heterocycles. The van der Waals surface area contributed by atoms with Crippen molar-refractivity contribution in [3.05, 3.63) is 46.9 Å². The molecule has 0 aromatic heterocycles. The molecular weight excluding hydrogens is 440 g/mol. The molecule has 1 amide bonds. The molecule has 0 fully saturated rings. The van der Waals surface area contributed by atoms with Gasteiger partial charge in [-0.2, -0.15) is 0 Å². The van der Waals surface area contributed by atoms with E-state index in [2.05, 4.69) is 30.7 Å². The summed E-state index contributed by atoms with van der Waals surface area (Å²) >= 11 is 3.28. The molecule has 0 bridgehead atoms. The Balaban J connectivity index is 2.25. The number of carbonyl (C=O) groups excluding carboxylic acids is 2. The van der Waals surface area contributed by atoms with Crippen molar-refractivity contribution in [2.45, 2.75) is 11.8 Å². The molecular formula is C17H17BrN2O6S. The van der Waals surface area contributed by atoms with Crippen LogP contribution in [0.4, 0.5) is 11.4 Å². The molecule has 0 spiro atoms. The number of ether oxygens (including phenoxy) is 2. The van der Waals surface area contributed by atoms with Gasteiger partial charge in [-0.15, -0.1) is 0 Å². The maximum Gasteiger partial charge on any atom is 0.303 e. The monoisotopic (exact) mass is 456 g/mol. The number of halogens is 1. The number of esters is 1. The van der Waals surface area contributed by atoms with Crippen molar-refractivity contribution in [3.8, 4) is 5.75 Å². The second-order valence-electron chi connectivity index (χ2n) is 5.30. The lowest BCUT2D eigenvalue weighted by molar-refractivity contribution is -0.144. The Morgan fingerprint density at radius 2 is 1.78 bits per heavy atom. The second kappa shape index (κ2) is 8.87. The summed E-state index contributed by atoms with van der Waals surface area (Å²) in [5.41, 5.74) is 0.516. The highest BCUT2D eigenvalue weighted by molar-refractivity contribution is 9.10. The van der Waals surface area contributed by atoms with Gasteiger partial charge in [-0.05, 0) is 42.5 Å². The number of carbonyl (C=O) groups is 2. The molecule has 8 nitrogen and oxygen atoms in total. The predicted molar refractivity (Wildman–Crippen MR) is 103 cm³/mol. The van der Waals surface area contributed by atoms with Crippen LogP contribution in [0.5, 0.6) is 5.75 Å². The van der Waals surface area contributed by atoms with E-state index in [1.807, 2.05) is 0 Å². The minimum absolute atomic E-state index is 0.0750. The Morgan fingerprint density at radius 3 is 2.37 bits per heavy atom. The average molecular weight is 457 g/mol. The van der Waals surface area contributed by atoms with Crippen molar-refractivity contribution < 1.29 is 27.5 Å². The van der Waals surface area contributed by atoms with E-state index in [1.54, 1.807) is 24.3 Å². The van der Waals surface area contributed by atoms with Crippen molar-refractivity contribution in [2.24, 2.45) is 0 Å². The summed E-state index contributed by atoms with van der Waals surface area (Å²) in [6.07, 6.45) is 0. The Morgan fingerprint density at radius 1 is 1.11 bits per heavy atom. The molecule has 0 aliphatic carbocycles. The normalized spacial score (nSPS) is 10.8. The number of nitrogens with one attached hydrogen (secondary N) is 2. The van der Waals surface area contributed by atoms with Gasteiger partial charge in [0.15, 0.2) is 6.61 Å². The molecule has 2 N–H and O–H groups in total. The van der Waals surface area contributed by atoms with Crippen molar-refractivity contribution in [2.75, 3.05) is 23.8 Å². The number of methoxy groups -OCH3 is 1. The maximum atomic E-state index is 12.6. The Kier molecular flexibility index (Phi) is 6.81. The molecule has 10 heteroatoms. The fourth-order valence-corrected chi connectivity index (χ4v) is 3.39. The van der Waals surface area contributed by atoms with Gasteiger partial charge in [0.1, 0.15) is 5.75 Å². The first-order valence-electron chi connectivity index (χ1n) is 7.61. The van der Waals surface area contributed by atoms with E-state index in [0.29, 0.717) is 5.69 Å². The smallest absolute Gasteiger partial charge is 0.303 e. The van der Waals surface area contributed by atoms with Gasteiger partial charge >= 0.3 is 5.97 Å². The first kappa shape index (κ1) is 20.7. The molecule has 0 aliphatic rings. The third kappa shape index (κ3) is 5.97. The predicted octanol–water partition coefficient (Wildman–Crippen LogP) is 2.76. The van der Waals surface area contributed by atoms with Crippen LogP contribution >= 0.6 is 15.9 Å². The van der Waals surface area contributed by atoms with E-state index in [1.165, 1.54) is 32.2 Å². The van der Waals surface area contributed by atoms with Gasteiger partial charge in [0.05, 0.1) is 17.7 Å². The molecule has 27 heavy (non-hydrogen) atoms. The van der Waals surface area contributed by atoms with E-state index in [9.17, 15) is 18.0 Å². The number of benzene rings is 2. The fraction of sp³-hybridized carbons (Fsp3) is 0.176. The summed E-state index contributed by atoms with van der Waals surface area (Å²) in [6.45, 7) is 0.682. The van der Waals surface area contributed by atoms with Crippen LogP contribution in [-0.4, -0.2) is 34.0 Å². The Bertz CT molecular complexity index is 944. The summed E-state index contributed by atoms with van der Waals surface area (Å²) in [7, 11) is -2.51. The number of sulfonamides is 1. The van der Waals surface area contributed by atoms with Crippen LogP contribution in [0.15, 0.2) is 51.8 Å². The van der Waals surface area contributed by atoms with Gasteiger partial charge < -0.3 is 14.8 Å². The maximum absolute atomic E-state index is 12.6. The zero-order valence-corrected chi connectivity index (χ0v) is 16.9. The minimum Gasteiger partial charge on any atom is -0.495 e. The summed E-state index contributed by atoms with van der Waals surface area (Å²) in [6, 6.07) is 10.6. The van der Waals surface area contributed by atoms with Gasteiger partial charge in [0.25, 0.3) is 15.9 Å². The SMILES string of the molecule is COc1ccc(S(=O)(=O)Nc2ccc(Br)cc2)cc1NC(=O)COC(C)=O. The van der Waals surface area contributed by atoms with Gasteiger partial charge in [0, 0.05) is 17.1 Å². The minimum atomic E-state index is -3.89. The summed E-state index contributed by atoms with van der Waals surface area (Å²) in [5, 5.41) is 2.46. The molecule has 0 atom stereocenters. The Hall–Kier alpha value is -2.59. The van der Waals surface area contributed by atoms with E-state index < -0.39 is 28.5 Å². The third-order valence-electron chi connectivity index (χ3n) is 3.26. The van der Waals surface area contributed by atoms with Crippen molar-refractivity contribution >= 4 is 49.2 Å². The molecule has 2 aromatic carbocycles. The van der Waals surface area contributed by atoms with Crippen LogP contribution in [-0.2, 0) is 24.3 Å². The zero-order chi connectivity index (χ0) is 20.0. The van der Waals surface area contributed by atoms with Crippen molar-refractivity contribution in [3.63, 3.8) is 0 Å². The van der Waals surface area contributed by atoms with Crippen molar-refractivity contribution in [1.29, 1.82) is 0 Å². The van der Waals surface area contributed by atoms with Crippen LogP contribution in [0.2, 0.25) is 0 Å². The standard InChI is InChI=1S/C17H17BrN2O6S/c1-11(21)26-10-17(22)19-15-9-14(7-8-16(15)25-2)27(23,24)20-13-5-3-12(18)4-6-13/h3-9,20H,10H2,1-2H3,(H,19,22). The molecule has 0 heterocycles.